The van der Waals surface area contributed by atoms with Crippen molar-refractivity contribution in [3.8, 4) is 0 Å². The van der Waals surface area contributed by atoms with E-state index in [1.54, 1.807) is 12.1 Å². The monoisotopic (exact) mass is 437 g/mol. The summed E-state index contributed by atoms with van der Waals surface area (Å²) in [5, 5.41) is 0. The fourth-order valence-corrected chi connectivity index (χ4v) is 5.54. The number of anilines is 2. The average Bonchev–Trinajstić information content (AvgIpc) is 3.22. The summed E-state index contributed by atoms with van der Waals surface area (Å²) < 4.78 is 53.9. The average molecular weight is 438 g/mol. The van der Waals surface area contributed by atoms with Gasteiger partial charge in [-0.05, 0) is 49.2 Å². The van der Waals surface area contributed by atoms with Crippen LogP contribution in [-0.4, -0.2) is 48.3 Å². The predicted octanol–water partition coefficient (Wildman–Crippen LogP) is 3.12. The third-order valence-electron chi connectivity index (χ3n) is 5.31. The summed E-state index contributed by atoms with van der Waals surface area (Å²) in [6, 6.07) is 12.9. The lowest BCUT2D eigenvalue weighted by Gasteiger charge is -2.28. The molecule has 0 heterocycles. The molecule has 9 heteroatoms. The van der Waals surface area contributed by atoms with Crippen LogP contribution in [0.15, 0.2) is 58.3 Å². The van der Waals surface area contributed by atoms with Gasteiger partial charge in [-0.15, -0.1) is 0 Å². The Morgan fingerprint density at radius 1 is 0.828 bits per heavy atom. The molecule has 0 bridgehead atoms. The van der Waals surface area contributed by atoms with Gasteiger partial charge < -0.3 is 4.90 Å². The maximum atomic E-state index is 12.9. The van der Waals surface area contributed by atoms with Gasteiger partial charge in [0.2, 0.25) is 10.0 Å². The minimum absolute atomic E-state index is 0.00790. The first-order valence-electron chi connectivity index (χ1n) is 9.50. The largest absolute Gasteiger partial charge is 0.370 e. The molecule has 1 aliphatic rings. The molecule has 2 aromatic rings. The van der Waals surface area contributed by atoms with Gasteiger partial charge in [0.1, 0.15) is 0 Å². The van der Waals surface area contributed by atoms with Crippen molar-refractivity contribution in [2.24, 2.45) is 0 Å². The lowest BCUT2D eigenvalue weighted by atomic mass is 10.2. The van der Waals surface area contributed by atoms with Gasteiger partial charge in [0.05, 0.1) is 21.2 Å². The van der Waals surface area contributed by atoms with E-state index in [4.69, 9.17) is 0 Å². The van der Waals surface area contributed by atoms with E-state index in [-0.39, 0.29) is 9.79 Å². The smallest absolute Gasteiger partial charge is 0.261 e. The summed E-state index contributed by atoms with van der Waals surface area (Å²) in [6.07, 6.45) is 4.56. The number of sulfonamides is 2. The number of rotatable bonds is 7. The van der Waals surface area contributed by atoms with Gasteiger partial charge in [-0.3, -0.25) is 4.72 Å². The zero-order chi connectivity index (χ0) is 21.2. The number of benzene rings is 2. The molecule has 1 aliphatic carbocycles. The molecule has 0 amide bonds. The highest BCUT2D eigenvalue weighted by Crippen LogP contribution is 2.33. The minimum atomic E-state index is -3.86. The summed E-state index contributed by atoms with van der Waals surface area (Å²) in [5.41, 5.74) is 1.33. The van der Waals surface area contributed by atoms with Gasteiger partial charge in [-0.25, -0.2) is 21.1 Å². The van der Waals surface area contributed by atoms with E-state index in [1.165, 1.54) is 51.2 Å². The molecule has 0 saturated heterocycles. The summed E-state index contributed by atoms with van der Waals surface area (Å²) in [5.74, 6) is 0. The van der Waals surface area contributed by atoms with Crippen LogP contribution < -0.4 is 9.62 Å². The van der Waals surface area contributed by atoms with E-state index < -0.39 is 20.0 Å². The Kier molecular flexibility index (Phi) is 6.21. The van der Waals surface area contributed by atoms with E-state index in [1.807, 2.05) is 19.2 Å². The Hall–Kier alpha value is -2.10. The van der Waals surface area contributed by atoms with Crippen LogP contribution in [0, 0.1) is 0 Å². The highest BCUT2D eigenvalue weighted by atomic mass is 32.2. The number of nitrogens with zero attached hydrogens (tertiary/aromatic N) is 2. The SMILES string of the molecule is CN(c1ccccc1NS(=O)(=O)c1ccc(S(=O)(=O)N(C)C)cc1)C1CCCC1. The minimum Gasteiger partial charge on any atom is -0.370 e. The Labute approximate surface area is 173 Å². The maximum Gasteiger partial charge on any atom is 0.261 e. The summed E-state index contributed by atoms with van der Waals surface area (Å²) >= 11 is 0. The van der Waals surface area contributed by atoms with Crippen molar-refractivity contribution in [1.82, 2.24) is 4.31 Å². The molecule has 0 atom stereocenters. The van der Waals surface area contributed by atoms with Crippen molar-refractivity contribution < 1.29 is 16.8 Å². The first-order valence-corrected chi connectivity index (χ1v) is 12.4. The third kappa shape index (κ3) is 4.57. The molecule has 0 aliphatic heterocycles. The van der Waals surface area contributed by atoms with Gasteiger partial charge in [-0.2, -0.15) is 0 Å². The van der Waals surface area contributed by atoms with Crippen molar-refractivity contribution in [2.75, 3.05) is 30.8 Å². The summed E-state index contributed by atoms with van der Waals surface area (Å²) in [7, 11) is -2.62. The summed E-state index contributed by atoms with van der Waals surface area (Å²) in [4.78, 5) is 2.19. The number of hydrogen-bond donors (Lipinski definition) is 1. The van der Waals surface area contributed by atoms with Crippen molar-refractivity contribution in [3.05, 3.63) is 48.5 Å². The highest BCUT2D eigenvalue weighted by molar-refractivity contribution is 7.92. The lowest BCUT2D eigenvalue weighted by Crippen LogP contribution is -2.29. The second-order valence-corrected chi connectivity index (χ2v) is 11.3. The van der Waals surface area contributed by atoms with Gasteiger partial charge in [0, 0.05) is 27.2 Å². The van der Waals surface area contributed by atoms with E-state index in [0.717, 1.165) is 22.8 Å². The van der Waals surface area contributed by atoms with E-state index in [9.17, 15) is 16.8 Å². The molecule has 1 N–H and O–H groups in total. The fourth-order valence-electron chi connectivity index (χ4n) is 3.56. The molecule has 1 saturated carbocycles. The second-order valence-electron chi connectivity index (χ2n) is 7.43. The quantitative estimate of drug-likeness (QED) is 0.719. The van der Waals surface area contributed by atoms with Gasteiger partial charge >= 0.3 is 0 Å². The molecule has 29 heavy (non-hydrogen) atoms. The lowest BCUT2D eigenvalue weighted by molar-refractivity contribution is 0.520. The Morgan fingerprint density at radius 2 is 1.38 bits per heavy atom. The number of nitrogens with one attached hydrogen (secondary N) is 1. The van der Waals surface area contributed by atoms with Crippen LogP contribution >= 0.6 is 0 Å². The Morgan fingerprint density at radius 3 is 1.97 bits per heavy atom. The van der Waals surface area contributed by atoms with Crippen molar-refractivity contribution in [3.63, 3.8) is 0 Å². The normalized spacial score (nSPS) is 15.6. The van der Waals surface area contributed by atoms with Crippen LogP contribution in [0.3, 0.4) is 0 Å². The first kappa shape index (κ1) is 21.6. The molecular formula is C20H27N3O4S2. The molecule has 2 aromatic carbocycles. The molecule has 0 unspecified atom stereocenters. The fraction of sp³-hybridized carbons (Fsp3) is 0.400. The number of hydrogen-bond acceptors (Lipinski definition) is 5. The molecule has 3 rings (SSSR count). The Bertz CT molecular complexity index is 1060. The zero-order valence-electron chi connectivity index (χ0n) is 16.9. The van der Waals surface area contributed by atoms with E-state index in [2.05, 4.69) is 9.62 Å². The highest BCUT2D eigenvalue weighted by Gasteiger charge is 2.24. The van der Waals surface area contributed by atoms with Gasteiger partial charge in [0.25, 0.3) is 10.0 Å². The Balaban J connectivity index is 1.87. The predicted molar refractivity (Wildman–Crippen MR) is 115 cm³/mol. The van der Waals surface area contributed by atoms with Gasteiger partial charge in [-0.1, -0.05) is 25.0 Å². The molecule has 7 nitrogen and oxygen atoms in total. The molecular weight excluding hydrogens is 410 g/mol. The topological polar surface area (TPSA) is 86.8 Å². The van der Waals surface area contributed by atoms with Crippen LogP contribution in [0.2, 0.25) is 0 Å². The van der Waals surface area contributed by atoms with Crippen LogP contribution in [0.25, 0.3) is 0 Å². The summed E-state index contributed by atoms with van der Waals surface area (Å²) in [6.45, 7) is 0. The van der Waals surface area contributed by atoms with E-state index >= 15 is 0 Å². The van der Waals surface area contributed by atoms with Crippen LogP contribution in [0.5, 0.6) is 0 Å². The maximum absolute atomic E-state index is 12.9. The number of para-hydroxylation sites is 2. The van der Waals surface area contributed by atoms with Crippen molar-refractivity contribution in [1.29, 1.82) is 0 Å². The van der Waals surface area contributed by atoms with Gasteiger partial charge in [0.15, 0.2) is 0 Å². The van der Waals surface area contributed by atoms with E-state index in [0.29, 0.717) is 11.7 Å². The standard InChI is InChI=1S/C20H27N3O4S2/c1-22(2)29(26,27)18-14-12-17(13-15-18)28(24,25)21-19-10-6-7-11-20(19)23(3)16-8-4-5-9-16/h6-7,10-16,21H,4-5,8-9H2,1-3H3. The van der Waals surface area contributed by atoms with Crippen LogP contribution in [0.1, 0.15) is 25.7 Å². The molecule has 0 aromatic heterocycles. The third-order valence-corrected chi connectivity index (χ3v) is 8.52. The second kappa shape index (κ2) is 8.33. The molecule has 158 valence electrons. The van der Waals surface area contributed by atoms with Crippen molar-refractivity contribution >= 4 is 31.4 Å². The van der Waals surface area contributed by atoms with Crippen LogP contribution in [0.4, 0.5) is 11.4 Å². The molecule has 0 radical (unpaired) electrons. The van der Waals surface area contributed by atoms with Crippen molar-refractivity contribution in [2.45, 2.75) is 41.5 Å². The molecule has 1 fully saturated rings. The first-order chi connectivity index (χ1) is 13.6. The molecule has 0 spiro atoms. The van der Waals surface area contributed by atoms with Crippen LogP contribution in [-0.2, 0) is 20.0 Å². The zero-order valence-corrected chi connectivity index (χ0v) is 18.5.